The van der Waals surface area contributed by atoms with Crippen molar-refractivity contribution in [1.29, 1.82) is 0 Å². The van der Waals surface area contributed by atoms with Crippen molar-refractivity contribution in [3.63, 3.8) is 0 Å². The van der Waals surface area contributed by atoms with Crippen LogP contribution in [0.15, 0.2) is 0 Å². The minimum Gasteiger partial charge on any atom is -0.616 e. The van der Waals surface area contributed by atoms with E-state index < -0.39 is 11.2 Å². The Morgan fingerprint density at radius 1 is 0.730 bits per heavy atom. The Morgan fingerprint density at radius 3 is 2.22 bits per heavy atom. The van der Waals surface area contributed by atoms with Gasteiger partial charge in [-0.25, -0.2) is 9.78 Å². The van der Waals surface area contributed by atoms with E-state index in [9.17, 15) is 14.1 Å². The molecule has 0 aromatic heterocycles. The summed E-state index contributed by atoms with van der Waals surface area (Å²) in [6.45, 7) is 0.499. The van der Waals surface area contributed by atoms with Crippen molar-refractivity contribution < 1.29 is 38.9 Å². The van der Waals surface area contributed by atoms with Gasteiger partial charge in [0.2, 0.25) is 4.45 Å². The average Bonchev–Trinajstić information content (AvgIpc) is 2.89. The van der Waals surface area contributed by atoms with Crippen molar-refractivity contribution in [3.8, 4) is 0 Å². The van der Waals surface area contributed by atoms with Crippen LogP contribution in [0.5, 0.6) is 0 Å². The van der Waals surface area contributed by atoms with E-state index in [1.54, 1.807) is 23.5 Å². The van der Waals surface area contributed by atoms with Crippen LogP contribution in [0, 0.1) is 0 Å². The SMILES string of the molecule is O=C(CCSCCC[S+]([O-])CSCSC(=O)SCCSCCOOCSCSCO)OCSCSCO. The third-order valence-electron chi connectivity index (χ3n) is 3.38. The molecule has 0 aliphatic rings. The molecule has 0 heterocycles. The Hall–Kier alpha value is 2.44. The molecule has 1 atom stereocenters. The largest absolute Gasteiger partial charge is 0.616 e. The van der Waals surface area contributed by atoms with Crippen molar-refractivity contribution in [3.05, 3.63) is 0 Å². The Balaban J connectivity index is 3.35. The lowest BCUT2D eigenvalue weighted by atomic mass is 10.5. The van der Waals surface area contributed by atoms with Crippen molar-refractivity contribution in [2.75, 3.05) is 85.2 Å². The van der Waals surface area contributed by atoms with Crippen molar-refractivity contribution in [1.82, 2.24) is 0 Å². The highest BCUT2D eigenvalue weighted by Crippen LogP contribution is 2.23. The van der Waals surface area contributed by atoms with E-state index in [0.717, 1.165) is 34.5 Å². The van der Waals surface area contributed by atoms with Crippen LogP contribution in [-0.4, -0.2) is 110 Å². The number of hydrogen-bond donors (Lipinski definition) is 2. The summed E-state index contributed by atoms with van der Waals surface area (Å²) in [5, 5.41) is 19.9. The highest BCUT2D eigenvalue weighted by Gasteiger charge is 2.09. The first-order valence-electron chi connectivity index (χ1n) is 10.9. The molecule has 0 saturated heterocycles. The predicted molar refractivity (Wildman–Crippen MR) is 177 cm³/mol. The molecule has 0 aliphatic heterocycles. The molecule has 0 saturated carbocycles. The molecule has 0 bridgehead atoms. The first-order chi connectivity index (χ1) is 18.1. The fourth-order valence-corrected chi connectivity index (χ4v) is 11.0. The van der Waals surface area contributed by atoms with Gasteiger partial charge in [-0.05, 0) is 16.9 Å². The minimum atomic E-state index is -0.904. The Kier molecular flexibility index (Phi) is 35.1. The zero-order chi connectivity index (χ0) is 27.2. The van der Waals surface area contributed by atoms with E-state index in [4.69, 9.17) is 24.7 Å². The molecule has 0 spiro atoms. The van der Waals surface area contributed by atoms with Gasteiger partial charge in [-0.2, -0.15) is 23.5 Å². The zero-order valence-electron chi connectivity index (χ0n) is 20.4. The molecule has 0 aliphatic carbocycles. The monoisotopic (exact) mass is 712 g/mol. The Morgan fingerprint density at radius 2 is 1.46 bits per heavy atom. The number of carbonyl (C=O) groups is 2. The first-order valence-corrected chi connectivity index (χ1v) is 22.4. The fourth-order valence-electron chi connectivity index (χ4n) is 1.84. The summed E-state index contributed by atoms with van der Waals surface area (Å²) in [5.74, 6) is 5.32. The molecule has 220 valence electrons. The summed E-state index contributed by atoms with van der Waals surface area (Å²) in [6.07, 6.45) is 1.20. The summed E-state index contributed by atoms with van der Waals surface area (Å²) >= 11 is 12.4. The molecular formula is C19H36O8S10. The second-order valence-electron chi connectivity index (χ2n) is 6.16. The Labute approximate surface area is 262 Å². The molecular weight excluding hydrogens is 677 g/mol. The van der Waals surface area contributed by atoms with Crippen LogP contribution < -0.4 is 0 Å². The molecule has 37 heavy (non-hydrogen) atoms. The molecule has 18 heteroatoms. The van der Waals surface area contributed by atoms with E-state index in [2.05, 4.69) is 0 Å². The van der Waals surface area contributed by atoms with Gasteiger partial charge in [-0.3, -0.25) is 9.59 Å². The summed E-state index contributed by atoms with van der Waals surface area (Å²) in [4.78, 5) is 33.5. The van der Waals surface area contributed by atoms with E-state index in [1.807, 2.05) is 0 Å². The first kappa shape index (κ1) is 39.4. The average molecular weight is 713 g/mol. The molecule has 0 aromatic carbocycles. The fraction of sp³-hybridized carbons (Fsp3) is 0.895. The molecule has 8 nitrogen and oxygen atoms in total. The molecule has 0 amide bonds. The minimum absolute atomic E-state index is 0.0710. The maximum atomic E-state index is 12.1. The lowest BCUT2D eigenvalue weighted by molar-refractivity contribution is -0.274. The third-order valence-corrected chi connectivity index (χ3v) is 14.4. The quantitative estimate of drug-likeness (QED) is 0.0269. The van der Waals surface area contributed by atoms with Gasteiger partial charge < -0.3 is 19.5 Å². The smallest absolute Gasteiger partial charge is 0.307 e. The van der Waals surface area contributed by atoms with Gasteiger partial charge in [0.15, 0.2) is 5.08 Å². The number of aliphatic hydroxyl groups is 2. The van der Waals surface area contributed by atoms with Crippen LogP contribution in [0.4, 0.5) is 4.79 Å². The number of esters is 1. The molecule has 1 unspecified atom stereocenters. The second kappa shape index (κ2) is 32.9. The molecule has 0 radical (unpaired) electrons. The number of ether oxygens (including phenoxy) is 1. The van der Waals surface area contributed by atoms with E-state index in [-0.39, 0.29) is 22.3 Å². The number of thioether (sulfide) groups is 9. The number of rotatable bonds is 28. The standard InChI is InChI=1S/C19H36O8S10/c20-10-30-14-32-12-25-18(22)2-5-28-4-1-9-37(24)17-34-16-36-19(23)35-8-7-29-6-3-26-27-13-33-15-31-11-21/h20-21H,1-17H2. The van der Waals surface area contributed by atoms with Gasteiger partial charge in [0.05, 0.1) is 30.0 Å². The summed E-state index contributed by atoms with van der Waals surface area (Å²) < 4.78 is 17.3. The van der Waals surface area contributed by atoms with Gasteiger partial charge in [0.1, 0.15) is 17.6 Å². The van der Waals surface area contributed by atoms with Crippen LogP contribution >= 0.6 is 106 Å². The zero-order valence-corrected chi connectivity index (χ0v) is 28.6. The Bertz CT molecular complexity index is 527. The molecule has 0 rings (SSSR count). The number of aliphatic hydroxyl groups excluding tert-OH is 2. The van der Waals surface area contributed by atoms with Crippen LogP contribution in [0.2, 0.25) is 0 Å². The van der Waals surface area contributed by atoms with Gasteiger partial charge in [-0.15, -0.1) is 47.0 Å². The van der Waals surface area contributed by atoms with E-state index >= 15 is 0 Å². The van der Waals surface area contributed by atoms with Crippen molar-refractivity contribution in [2.45, 2.75) is 12.8 Å². The van der Waals surface area contributed by atoms with Gasteiger partial charge in [0, 0.05) is 39.6 Å². The van der Waals surface area contributed by atoms with Crippen LogP contribution in [0.3, 0.4) is 0 Å². The third kappa shape index (κ3) is 32.8. The lowest BCUT2D eigenvalue weighted by Crippen LogP contribution is -2.10. The highest BCUT2D eigenvalue weighted by atomic mass is 32.3. The van der Waals surface area contributed by atoms with Crippen LogP contribution in [-0.2, 0) is 30.5 Å². The van der Waals surface area contributed by atoms with Crippen LogP contribution in [0.1, 0.15) is 12.8 Å². The maximum Gasteiger partial charge on any atom is 0.307 e. The topological polar surface area (TPSA) is 125 Å². The normalized spacial score (nSPS) is 12.1. The van der Waals surface area contributed by atoms with Gasteiger partial charge >= 0.3 is 5.97 Å². The number of hydrogen-bond acceptors (Lipinski definition) is 17. The van der Waals surface area contributed by atoms with E-state index in [1.165, 1.54) is 82.3 Å². The molecule has 0 fully saturated rings. The van der Waals surface area contributed by atoms with Crippen molar-refractivity contribution >= 4 is 127 Å². The van der Waals surface area contributed by atoms with Crippen molar-refractivity contribution in [2.24, 2.45) is 0 Å². The predicted octanol–water partition coefficient (Wildman–Crippen LogP) is 5.37. The lowest BCUT2D eigenvalue weighted by Gasteiger charge is -2.10. The molecule has 2 N–H and O–H groups in total. The van der Waals surface area contributed by atoms with Crippen LogP contribution in [0.25, 0.3) is 0 Å². The molecule has 0 aromatic rings. The highest BCUT2D eigenvalue weighted by molar-refractivity contribution is 8.41. The maximum absolute atomic E-state index is 12.1. The van der Waals surface area contributed by atoms with Gasteiger partial charge in [-0.1, -0.05) is 35.3 Å². The summed E-state index contributed by atoms with van der Waals surface area (Å²) in [7, 11) is 0. The summed E-state index contributed by atoms with van der Waals surface area (Å²) in [6, 6.07) is 0. The van der Waals surface area contributed by atoms with E-state index in [0.29, 0.717) is 51.7 Å². The summed E-state index contributed by atoms with van der Waals surface area (Å²) in [5.41, 5.74) is 0. The van der Waals surface area contributed by atoms with Gasteiger partial charge in [0.25, 0.3) is 0 Å². The number of carbonyl (C=O) groups excluding carboxylic acids is 2. The second-order valence-corrected chi connectivity index (χ2v) is 18.7.